The molecule has 2 aromatic rings. The third-order valence-corrected chi connectivity index (χ3v) is 3.25. The van der Waals surface area contributed by atoms with Crippen molar-refractivity contribution in [3.8, 4) is 0 Å². The SMILES string of the molecule is CSCc1ccc(CNC(C)Cn2ccnc2)o1. The van der Waals surface area contributed by atoms with Crippen molar-refractivity contribution >= 4 is 11.8 Å². The summed E-state index contributed by atoms with van der Waals surface area (Å²) in [5.41, 5.74) is 0. The quantitative estimate of drug-likeness (QED) is 0.835. The lowest BCUT2D eigenvalue weighted by molar-refractivity contribution is 0.417. The van der Waals surface area contributed by atoms with Gasteiger partial charge >= 0.3 is 0 Å². The largest absolute Gasteiger partial charge is 0.464 e. The van der Waals surface area contributed by atoms with Crippen molar-refractivity contribution in [2.75, 3.05) is 6.26 Å². The first-order valence-corrected chi connectivity index (χ1v) is 7.43. The molecule has 1 N–H and O–H groups in total. The van der Waals surface area contributed by atoms with Gasteiger partial charge in [0.2, 0.25) is 0 Å². The Morgan fingerprint density at radius 1 is 1.44 bits per heavy atom. The summed E-state index contributed by atoms with van der Waals surface area (Å²) < 4.78 is 7.78. The molecule has 4 nitrogen and oxygen atoms in total. The average molecular weight is 265 g/mol. The number of hydrogen-bond acceptors (Lipinski definition) is 4. The summed E-state index contributed by atoms with van der Waals surface area (Å²) in [5, 5.41) is 3.44. The highest BCUT2D eigenvalue weighted by molar-refractivity contribution is 7.97. The van der Waals surface area contributed by atoms with E-state index in [9.17, 15) is 0 Å². The normalized spacial score (nSPS) is 12.8. The van der Waals surface area contributed by atoms with Crippen LogP contribution >= 0.6 is 11.8 Å². The van der Waals surface area contributed by atoms with Crippen LogP contribution in [0.5, 0.6) is 0 Å². The number of furan rings is 1. The maximum Gasteiger partial charge on any atom is 0.118 e. The molecule has 0 radical (unpaired) electrons. The first-order chi connectivity index (χ1) is 8.78. The minimum Gasteiger partial charge on any atom is -0.464 e. The summed E-state index contributed by atoms with van der Waals surface area (Å²) in [4.78, 5) is 4.03. The molecule has 0 spiro atoms. The van der Waals surface area contributed by atoms with Crippen molar-refractivity contribution < 1.29 is 4.42 Å². The molecule has 1 unspecified atom stereocenters. The molecular weight excluding hydrogens is 246 g/mol. The second-order valence-electron chi connectivity index (χ2n) is 4.34. The van der Waals surface area contributed by atoms with E-state index in [1.165, 1.54) is 0 Å². The highest BCUT2D eigenvalue weighted by Gasteiger charge is 2.05. The summed E-state index contributed by atoms with van der Waals surface area (Å²) in [6.45, 7) is 3.84. The third kappa shape index (κ3) is 3.92. The van der Waals surface area contributed by atoms with Crippen molar-refractivity contribution in [1.82, 2.24) is 14.9 Å². The topological polar surface area (TPSA) is 43.0 Å². The molecule has 0 amide bonds. The van der Waals surface area contributed by atoms with Crippen molar-refractivity contribution in [3.05, 3.63) is 42.4 Å². The molecule has 0 saturated carbocycles. The Bertz CT molecular complexity index is 453. The molecule has 0 aliphatic heterocycles. The fourth-order valence-electron chi connectivity index (χ4n) is 1.79. The number of hydrogen-bond donors (Lipinski definition) is 1. The second kappa shape index (κ2) is 6.66. The van der Waals surface area contributed by atoms with E-state index < -0.39 is 0 Å². The van der Waals surface area contributed by atoms with Crippen molar-refractivity contribution in [3.63, 3.8) is 0 Å². The Morgan fingerprint density at radius 3 is 3.00 bits per heavy atom. The number of thioether (sulfide) groups is 1. The fourth-order valence-corrected chi connectivity index (χ4v) is 2.23. The lowest BCUT2D eigenvalue weighted by Crippen LogP contribution is -2.29. The van der Waals surface area contributed by atoms with Gasteiger partial charge in [-0.05, 0) is 25.3 Å². The number of imidazole rings is 1. The van der Waals surface area contributed by atoms with E-state index >= 15 is 0 Å². The van der Waals surface area contributed by atoms with Crippen LogP contribution in [0.25, 0.3) is 0 Å². The molecule has 0 fully saturated rings. The predicted molar refractivity (Wildman–Crippen MR) is 74.5 cm³/mol. The highest BCUT2D eigenvalue weighted by Crippen LogP contribution is 2.13. The zero-order valence-electron chi connectivity index (χ0n) is 10.8. The van der Waals surface area contributed by atoms with Crippen LogP contribution in [0.4, 0.5) is 0 Å². The zero-order chi connectivity index (χ0) is 12.8. The standard InChI is InChI=1S/C13H19N3OS/c1-11(8-16-6-5-14-10-16)15-7-12-3-4-13(17-12)9-18-2/h3-6,10-11,15H,7-9H2,1-2H3. The van der Waals surface area contributed by atoms with Crippen LogP contribution in [-0.4, -0.2) is 21.8 Å². The molecule has 18 heavy (non-hydrogen) atoms. The molecule has 0 aliphatic carbocycles. The lowest BCUT2D eigenvalue weighted by Gasteiger charge is -2.13. The molecular formula is C13H19N3OS. The van der Waals surface area contributed by atoms with E-state index in [1.54, 1.807) is 18.0 Å². The van der Waals surface area contributed by atoms with Gasteiger partial charge in [-0.1, -0.05) is 0 Å². The van der Waals surface area contributed by atoms with Gasteiger partial charge in [-0.2, -0.15) is 11.8 Å². The molecule has 2 aromatic heterocycles. The van der Waals surface area contributed by atoms with Crippen LogP contribution in [0.2, 0.25) is 0 Å². The first kappa shape index (κ1) is 13.2. The number of rotatable bonds is 7. The Balaban J connectivity index is 1.76. The molecule has 0 aromatic carbocycles. The van der Waals surface area contributed by atoms with Gasteiger partial charge in [-0.3, -0.25) is 0 Å². The van der Waals surface area contributed by atoms with Crippen LogP contribution in [0.3, 0.4) is 0 Å². The van der Waals surface area contributed by atoms with Gasteiger partial charge in [0.25, 0.3) is 0 Å². The zero-order valence-corrected chi connectivity index (χ0v) is 11.6. The smallest absolute Gasteiger partial charge is 0.118 e. The summed E-state index contributed by atoms with van der Waals surface area (Å²) in [6.07, 6.45) is 7.69. The third-order valence-electron chi connectivity index (χ3n) is 2.67. The fraction of sp³-hybridized carbons (Fsp3) is 0.462. The Labute approximate surface area is 112 Å². The van der Waals surface area contributed by atoms with Gasteiger partial charge in [-0.25, -0.2) is 4.98 Å². The summed E-state index contributed by atoms with van der Waals surface area (Å²) in [7, 11) is 0. The van der Waals surface area contributed by atoms with E-state index in [-0.39, 0.29) is 0 Å². The predicted octanol–water partition coefficient (Wildman–Crippen LogP) is 2.52. The second-order valence-corrected chi connectivity index (χ2v) is 5.21. The Kier molecular flexibility index (Phi) is 4.90. The lowest BCUT2D eigenvalue weighted by atomic mass is 10.3. The molecule has 5 heteroatoms. The summed E-state index contributed by atoms with van der Waals surface area (Å²) >= 11 is 1.77. The van der Waals surface area contributed by atoms with Crippen LogP contribution < -0.4 is 5.32 Å². The molecule has 2 heterocycles. The highest BCUT2D eigenvalue weighted by atomic mass is 32.2. The van der Waals surface area contributed by atoms with Crippen LogP contribution in [0.1, 0.15) is 18.4 Å². The van der Waals surface area contributed by atoms with E-state index in [2.05, 4.69) is 28.0 Å². The van der Waals surface area contributed by atoms with E-state index in [1.807, 2.05) is 24.7 Å². The van der Waals surface area contributed by atoms with E-state index in [0.29, 0.717) is 6.04 Å². The van der Waals surface area contributed by atoms with Gasteiger partial charge in [0.05, 0.1) is 18.6 Å². The first-order valence-electron chi connectivity index (χ1n) is 6.03. The number of nitrogens with one attached hydrogen (secondary N) is 1. The summed E-state index contributed by atoms with van der Waals surface area (Å²) in [6, 6.07) is 4.48. The maximum absolute atomic E-state index is 5.71. The van der Waals surface area contributed by atoms with E-state index in [4.69, 9.17) is 4.42 Å². The summed E-state index contributed by atoms with van der Waals surface area (Å²) in [5.74, 6) is 2.98. The van der Waals surface area contributed by atoms with Gasteiger partial charge in [0, 0.05) is 25.0 Å². The van der Waals surface area contributed by atoms with Crippen LogP contribution in [0.15, 0.2) is 35.3 Å². The number of nitrogens with zero attached hydrogens (tertiary/aromatic N) is 2. The molecule has 1 atom stereocenters. The number of aromatic nitrogens is 2. The van der Waals surface area contributed by atoms with Crippen LogP contribution in [0, 0.1) is 0 Å². The molecule has 98 valence electrons. The minimum atomic E-state index is 0.383. The Hall–Kier alpha value is -1.20. The van der Waals surface area contributed by atoms with Gasteiger partial charge in [-0.15, -0.1) is 0 Å². The monoisotopic (exact) mass is 265 g/mol. The van der Waals surface area contributed by atoms with Crippen molar-refractivity contribution in [2.24, 2.45) is 0 Å². The molecule has 2 rings (SSSR count). The molecule has 0 saturated heterocycles. The van der Waals surface area contributed by atoms with Gasteiger partial charge in [0.1, 0.15) is 11.5 Å². The minimum absolute atomic E-state index is 0.383. The van der Waals surface area contributed by atoms with Crippen molar-refractivity contribution in [1.29, 1.82) is 0 Å². The maximum atomic E-state index is 5.71. The average Bonchev–Trinajstić information content (AvgIpc) is 2.99. The van der Waals surface area contributed by atoms with E-state index in [0.717, 1.165) is 30.4 Å². The van der Waals surface area contributed by atoms with Crippen molar-refractivity contribution in [2.45, 2.75) is 31.8 Å². The van der Waals surface area contributed by atoms with Gasteiger partial charge < -0.3 is 14.3 Å². The molecule has 0 bridgehead atoms. The van der Waals surface area contributed by atoms with Crippen LogP contribution in [-0.2, 0) is 18.8 Å². The Morgan fingerprint density at radius 2 is 2.28 bits per heavy atom. The molecule has 0 aliphatic rings. The van der Waals surface area contributed by atoms with Gasteiger partial charge in [0.15, 0.2) is 0 Å².